The van der Waals surface area contributed by atoms with Gasteiger partial charge in [-0.05, 0) is 43.4 Å². The molecular formula is C76H148O17P2. The van der Waals surface area contributed by atoms with Crippen LogP contribution in [0.4, 0.5) is 0 Å². The second kappa shape index (κ2) is 66.6. The zero-order chi connectivity index (χ0) is 70.1. The molecule has 3 N–H and O–H groups in total. The van der Waals surface area contributed by atoms with Crippen molar-refractivity contribution in [1.82, 2.24) is 0 Å². The van der Waals surface area contributed by atoms with Crippen LogP contribution in [0.3, 0.4) is 0 Å². The second-order valence-corrected chi connectivity index (χ2v) is 31.5. The van der Waals surface area contributed by atoms with Crippen molar-refractivity contribution < 1.29 is 80.2 Å². The zero-order valence-corrected chi connectivity index (χ0v) is 63.9. The maximum Gasteiger partial charge on any atom is 0.472 e. The molecular weight excluding hydrogens is 1250 g/mol. The van der Waals surface area contributed by atoms with Gasteiger partial charge < -0.3 is 33.8 Å². The van der Waals surface area contributed by atoms with Crippen LogP contribution in [0.5, 0.6) is 0 Å². The third-order valence-electron chi connectivity index (χ3n) is 18.0. The van der Waals surface area contributed by atoms with Crippen LogP contribution in [0.2, 0.25) is 0 Å². The van der Waals surface area contributed by atoms with Gasteiger partial charge in [-0.3, -0.25) is 37.3 Å². The zero-order valence-electron chi connectivity index (χ0n) is 62.1. The van der Waals surface area contributed by atoms with Gasteiger partial charge >= 0.3 is 39.5 Å². The fraction of sp³-hybridized carbons (Fsp3) is 0.947. The Labute approximate surface area is 581 Å². The Morgan fingerprint density at radius 3 is 0.800 bits per heavy atom. The van der Waals surface area contributed by atoms with E-state index >= 15 is 0 Å². The molecule has 0 aromatic carbocycles. The number of hydrogen-bond donors (Lipinski definition) is 3. The summed E-state index contributed by atoms with van der Waals surface area (Å²) in [6.45, 7) is 11.9. The van der Waals surface area contributed by atoms with Gasteiger partial charge in [0.2, 0.25) is 0 Å². The molecule has 0 aromatic heterocycles. The highest BCUT2D eigenvalue weighted by molar-refractivity contribution is 7.47. The van der Waals surface area contributed by atoms with E-state index in [2.05, 4.69) is 48.5 Å². The number of carbonyl (C=O) groups is 4. The lowest BCUT2D eigenvalue weighted by Crippen LogP contribution is -2.30. The molecule has 19 heteroatoms. The summed E-state index contributed by atoms with van der Waals surface area (Å²) in [4.78, 5) is 72.8. The monoisotopic (exact) mass is 1400 g/mol. The van der Waals surface area contributed by atoms with Crippen molar-refractivity contribution in [2.24, 2.45) is 17.8 Å². The normalized spacial score (nSPS) is 14.4. The van der Waals surface area contributed by atoms with E-state index in [1.54, 1.807) is 0 Å². The third kappa shape index (κ3) is 69.0. The largest absolute Gasteiger partial charge is 0.472 e. The summed E-state index contributed by atoms with van der Waals surface area (Å²) in [5.41, 5.74) is 0. The first-order valence-corrected chi connectivity index (χ1v) is 42.4. The molecule has 6 atom stereocenters. The highest BCUT2D eigenvalue weighted by Gasteiger charge is 2.30. The summed E-state index contributed by atoms with van der Waals surface area (Å²) < 4.78 is 68.5. The molecule has 0 radical (unpaired) electrons. The van der Waals surface area contributed by atoms with Crippen LogP contribution in [-0.4, -0.2) is 96.7 Å². The molecule has 0 saturated carbocycles. The minimum Gasteiger partial charge on any atom is -0.462 e. The highest BCUT2D eigenvalue weighted by Crippen LogP contribution is 2.45. The lowest BCUT2D eigenvalue weighted by molar-refractivity contribution is -0.161. The lowest BCUT2D eigenvalue weighted by atomic mass is 9.99. The van der Waals surface area contributed by atoms with Crippen molar-refractivity contribution in [2.75, 3.05) is 39.6 Å². The fourth-order valence-corrected chi connectivity index (χ4v) is 13.1. The summed E-state index contributed by atoms with van der Waals surface area (Å²) in [6, 6.07) is 0. The van der Waals surface area contributed by atoms with E-state index in [4.69, 9.17) is 37.0 Å². The molecule has 0 fully saturated rings. The van der Waals surface area contributed by atoms with Gasteiger partial charge in [0.1, 0.15) is 19.3 Å². The molecule has 0 aliphatic rings. The molecule has 17 nitrogen and oxygen atoms in total. The van der Waals surface area contributed by atoms with E-state index in [9.17, 15) is 43.2 Å². The Morgan fingerprint density at radius 1 is 0.305 bits per heavy atom. The summed E-state index contributed by atoms with van der Waals surface area (Å²) in [5.74, 6) is 0.159. The van der Waals surface area contributed by atoms with Crippen molar-refractivity contribution in [3.63, 3.8) is 0 Å². The van der Waals surface area contributed by atoms with E-state index in [1.807, 2.05) is 0 Å². The SMILES string of the molecule is CCCCCCCCCCCCCCCCCCCC(=O)O[C@H](COC(=O)CCCCCCCCCCCCCCC(C)C)COP(=O)(O)OC[C@@H](O)COP(=O)(O)OC[C@@H](COC(=O)CCCCCCCCCCC(C)C)OC(=O)CCCCCCCCCCC(C)CC. The molecule has 0 aliphatic carbocycles. The molecule has 95 heavy (non-hydrogen) atoms. The first-order valence-electron chi connectivity index (χ1n) is 39.4. The number of ether oxygens (including phenoxy) is 4. The number of phosphoric acid groups is 2. The predicted octanol–water partition coefficient (Wildman–Crippen LogP) is 22.2. The molecule has 0 amide bonds. The smallest absolute Gasteiger partial charge is 0.462 e. The topological polar surface area (TPSA) is 237 Å². The fourth-order valence-electron chi connectivity index (χ4n) is 11.6. The van der Waals surface area contributed by atoms with Crippen molar-refractivity contribution >= 4 is 39.5 Å². The third-order valence-corrected chi connectivity index (χ3v) is 19.9. The van der Waals surface area contributed by atoms with E-state index in [1.165, 1.54) is 199 Å². The van der Waals surface area contributed by atoms with Crippen LogP contribution in [-0.2, 0) is 65.4 Å². The van der Waals surface area contributed by atoms with E-state index in [-0.39, 0.29) is 25.7 Å². The van der Waals surface area contributed by atoms with Crippen LogP contribution >= 0.6 is 15.6 Å². The number of esters is 4. The molecule has 0 saturated heterocycles. The van der Waals surface area contributed by atoms with Gasteiger partial charge in [0, 0.05) is 25.7 Å². The standard InChI is InChI=1S/C76H148O17P2/c1-8-10-11-12-13-14-15-16-17-18-19-20-25-28-38-45-52-59-75(80)92-71(63-86-73(78)57-50-43-36-27-24-22-21-23-26-33-40-47-54-67(3)4)65-90-94(82,83)88-61-70(77)62-89-95(84,85)91-66-72(64-87-74(79)58-51-44-37-31-29-34-41-48-55-68(5)6)93-76(81)60-53-46-39-32-30-35-42-49-56-69(7)9-2/h67-72,77H,8-66H2,1-7H3,(H,82,83)(H,84,85)/t69?,70-,71-,72-/m1/s1. The first-order chi connectivity index (χ1) is 45.8. The van der Waals surface area contributed by atoms with Crippen LogP contribution in [0, 0.1) is 17.8 Å². The predicted molar refractivity (Wildman–Crippen MR) is 386 cm³/mol. The molecule has 3 unspecified atom stereocenters. The van der Waals surface area contributed by atoms with Gasteiger partial charge in [0.15, 0.2) is 12.2 Å². The van der Waals surface area contributed by atoms with E-state index in [0.717, 1.165) is 108 Å². The molecule has 0 heterocycles. The van der Waals surface area contributed by atoms with Crippen LogP contribution < -0.4 is 0 Å². The van der Waals surface area contributed by atoms with Gasteiger partial charge in [-0.25, -0.2) is 9.13 Å². The molecule has 564 valence electrons. The highest BCUT2D eigenvalue weighted by atomic mass is 31.2. The number of phosphoric ester groups is 2. The quantitative estimate of drug-likeness (QED) is 0.0222. The van der Waals surface area contributed by atoms with Crippen LogP contribution in [0.1, 0.15) is 389 Å². The number of hydrogen-bond acceptors (Lipinski definition) is 15. The van der Waals surface area contributed by atoms with Crippen molar-refractivity contribution in [1.29, 1.82) is 0 Å². The average molecular weight is 1400 g/mol. The van der Waals surface area contributed by atoms with Gasteiger partial charge in [-0.1, -0.05) is 337 Å². The molecule has 0 rings (SSSR count). The summed E-state index contributed by atoms with van der Waals surface area (Å²) in [5, 5.41) is 10.6. The van der Waals surface area contributed by atoms with E-state index < -0.39 is 97.5 Å². The number of aliphatic hydroxyl groups excluding tert-OH is 1. The van der Waals surface area contributed by atoms with Gasteiger partial charge in [-0.15, -0.1) is 0 Å². The van der Waals surface area contributed by atoms with Crippen LogP contribution in [0.25, 0.3) is 0 Å². The van der Waals surface area contributed by atoms with Crippen LogP contribution in [0.15, 0.2) is 0 Å². The van der Waals surface area contributed by atoms with Crippen molar-refractivity contribution in [2.45, 2.75) is 407 Å². The van der Waals surface area contributed by atoms with Gasteiger partial charge in [0.05, 0.1) is 26.4 Å². The van der Waals surface area contributed by atoms with E-state index in [0.29, 0.717) is 25.7 Å². The molecule has 0 bridgehead atoms. The lowest BCUT2D eigenvalue weighted by Gasteiger charge is -2.21. The molecule has 0 aliphatic heterocycles. The summed E-state index contributed by atoms with van der Waals surface area (Å²) >= 11 is 0. The van der Waals surface area contributed by atoms with Crippen molar-refractivity contribution in [3.8, 4) is 0 Å². The van der Waals surface area contributed by atoms with Gasteiger partial charge in [0.25, 0.3) is 0 Å². The summed E-state index contributed by atoms with van der Waals surface area (Å²) in [7, 11) is -9.91. The Balaban J connectivity index is 5.26. The number of aliphatic hydroxyl groups is 1. The number of rotatable bonds is 74. The molecule has 0 aromatic rings. The number of carbonyl (C=O) groups excluding carboxylic acids is 4. The maximum absolute atomic E-state index is 13.1. The Kier molecular flexibility index (Phi) is 65.2. The minimum atomic E-state index is -4.96. The number of unbranched alkanes of at least 4 members (excludes halogenated alkanes) is 41. The van der Waals surface area contributed by atoms with Crippen molar-refractivity contribution in [3.05, 3.63) is 0 Å². The average Bonchev–Trinajstić information content (AvgIpc) is 2.79. The molecule has 0 spiro atoms. The summed E-state index contributed by atoms with van der Waals surface area (Å²) in [6.07, 6.45) is 52.7. The second-order valence-electron chi connectivity index (χ2n) is 28.6. The Morgan fingerprint density at radius 2 is 0.537 bits per heavy atom. The Bertz CT molecular complexity index is 1850. The minimum absolute atomic E-state index is 0.104. The maximum atomic E-state index is 13.1. The van der Waals surface area contributed by atoms with Gasteiger partial charge in [-0.2, -0.15) is 0 Å². The Hall–Kier alpha value is -1.94. The first kappa shape index (κ1) is 93.1.